The van der Waals surface area contributed by atoms with Crippen molar-refractivity contribution in [3.05, 3.63) is 36.4 Å². The maximum absolute atomic E-state index is 11.5. The highest BCUT2D eigenvalue weighted by molar-refractivity contribution is 5.88. The molecule has 4 nitrogen and oxygen atoms in total. The highest BCUT2D eigenvalue weighted by atomic mass is 16.6. The summed E-state index contributed by atoms with van der Waals surface area (Å²) in [5.74, 6) is -0.183. The van der Waals surface area contributed by atoms with Crippen molar-refractivity contribution in [3.63, 3.8) is 0 Å². The number of rotatable bonds is 4. The molecule has 0 aromatic heterocycles. The number of esters is 2. The summed E-state index contributed by atoms with van der Waals surface area (Å²) in [6.45, 7) is 3.42. The number of carbonyl (C=O) groups excluding carboxylic acids is 2. The van der Waals surface area contributed by atoms with Crippen molar-refractivity contribution in [1.82, 2.24) is 0 Å². The van der Waals surface area contributed by atoms with E-state index in [-0.39, 0.29) is 36.3 Å². The first-order chi connectivity index (χ1) is 9.63. The molecule has 0 spiro atoms. The lowest BCUT2D eigenvalue weighted by atomic mass is 10.1. The average molecular weight is 272 g/mol. The lowest BCUT2D eigenvalue weighted by molar-refractivity contribution is -0.136. The summed E-state index contributed by atoms with van der Waals surface area (Å²) in [6, 6.07) is 11.0. The Kier molecular flexibility index (Phi) is 4.35. The molecular formula is C16H16O4. The van der Waals surface area contributed by atoms with E-state index >= 15 is 0 Å². The highest BCUT2D eigenvalue weighted by Gasteiger charge is 2.13. The molecule has 0 atom stereocenters. The summed E-state index contributed by atoms with van der Waals surface area (Å²) < 4.78 is 10.5. The van der Waals surface area contributed by atoms with E-state index in [1.54, 1.807) is 26.0 Å². The summed E-state index contributed by atoms with van der Waals surface area (Å²) in [7, 11) is 0. The van der Waals surface area contributed by atoms with Gasteiger partial charge in [0.1, 0.15) is 0 Å². The summed E-state index contributed by atoms with van der Waals surface area (Å²) in [5, 5.41) is 1.84. The van der Waals surface area contributed by atoms with Crippen LogP contribution in [0.25, 0.3) is 10.8 Å². The van der Waals surface area contributed by atoms with E-state index in [0.717, 1.165) is 10.8 Å². The second-order valence-electron chi connectivity index (χ2n) is 4.30. The van der Waals surface area contributed by atoms with Crippen LogP contribution in [0.4, 0.5) is 0 Å². The maximum atomic E-state index is 11.5. The van der Waals surface area contributed by atoms with Gasteiger partial charge in [-0.05, 0) is 22.9 Å². The van der Waals surface area contributed by atoms with Gasteiger partial charge in [0.05, 0.1) is 0 Å². The molecule has 2 aromatic rings. The first-order valence-electron chi connectivity index (χ1n) is 6.58. The van der Waals surface area contributed by atoms with Gasteiger partial charge in [-0.3, -0.25) is 9.59 Å². The van der Waals surface area contributed by atoms with Crippen molar-refractivity contribution < 1.29 is 19.1 Å². The summed E-state index contributed by atoms with van der Waals surface area (Å²) in [4.78, 5) is 22.9. The lowest BCUT2D eigenvalue weighted by Crippen LogP contribution is -2.10. The van der Waals surface area contributed by atoms with E-state index in [2.05, 4.69) is 0 Å². The van der Waals surface area contributed by atoms with Crippen molar-refractivity contribution in [1.29, 1.82) is 0 Å². The van der Waals surface area contributed by atoms with Crippen molar-refractivity contribution in [2.45, 2.75) is 26.7 Å². The van der Waals surface area contributed by atoms with E-state index in [0.29, 0.717) is 0 Å². The van der Waals surface area contributed by atoms with Gasteiger partial charge in [0.15, 0.2) is 11.5 Å². The van der Waals surface area contributed by atoms with Gasteiger partial charge in [0.25, 0.3) is 0 Å². The highest BCUT2D eigenvalue weighted by Crippen LogP contribution is 2.33. The molecule has 4 heteroatoms. The maximum Gasteiger partial charge on any atom is 0.311 e. The smallest absolute Gasteiger partial charge is 0.311 e. The van der Waals surface area contributed by atoms with Crippen molar-refractivity contribution >= 4 is 22.7 Å². The Bertz CT molecular complexity index is 589. The predicted molar refractivity (Wildman–Crippen MR) is 75.8 cm³/mol. The van der Waals surface area contributed by atoms with Crippen LogP contribution in [-0.2, 0) is 9.59 Å². The minimum absolute atomic E-state index is 0.258. The van der Waals surface area contributed by atoms with Crippen LogP contribution in [0, 0.1) is 0 Å². The zero-order valence-corrected chi connectivity index (χ0v) is 11.5. The topological polar surface area (TPSA) is 52.6 Å². The molecule has 0 heterocycles. The molecule has 0 N–H and O–H groups in total. The van der Waals surface area contributed by atoms with E-state index < -0.39 is 0 Å². The third kappa shape index (κ3) is 3.15. The quantitative estimate of drug-likeness (QED) is 0.631. The molecule has 0 saturated carbocycles. The van der Waals surface area contributed by atoms with Crippen LogP contribution < -0.4 is 9.47 Å². The molecule has 0 aliphatic rings. The van der Waals surface area contributed by atoms with E-state index in [1.165, 1.54) is 0 Å². The summed E-state index contributed by atoms with van der Waals surface area (Å²) in [5.41, 5.74) is 0. The standard InChI is InChI=1S/C16H16O4/c1-3-15(17)19-13-9-11-7-5-6-8-12(11)10-14(13)20-16(18)4-2/h5-10H,3-4H2,1-2H3. The van der Waals surface area contributed by atoms with Crippen molar-refractivity contribution in [3.8, 4) is 11.5 Å². The van der Waals surface area contributed by atoms with Gasteiger partial charge in [-0.25, -0.2) is 0 Å². The Morgan fingerprint density at radius 2 is 1.25 bits per heavy atom. The van der Waals surface area contributed by atoms with Crippen LogP contribution in [0.3, 0.4) is 0 Å². The van der Waals surface area contributed by atoms with Crippen LogP contribution in [0.5, 0.6) is 11.5 Å². The zero-order valence-electron chi connectivity index (χ0n) is 11.5. The number of fused-ring (bicyclic) bond motifs is 1. The van der Waals surface area contributed by atoms with Gasteiger partial charge in [0.2, 0.25) is 0 Å². The summed E-state index contributed by atoms with van der Waals surface area (Å²) >= 11 is 0. The molecule has 104 valence electrons. The third-order valence-corrected chi connectivity index (χ3v) is 2.84. The van der Waals surface area contributed by atoms with Gasteiger partial charge in [-0.15, -0.1) is 0 Å². The number of hydrogen-bond acceptors (Lipinski definition) is 4. The Morgan fingerprint density at radius 3 is 1.60 bits per heavy atom. The van der Waals surface area contributed by atoms with Gasteiger partial charge in [-0.1, -0.05) is 38.1 Å². The fraction of sp³-hybridized carbons (Fsp3) is 0.250. The Balaban J connectivity index is 2.46. The molecule has 0 bridgehead atoms. The summed E-state index contributed by atoms with van der Waals surface area (Å²) in [6.07, 6.45) is 0.516. The second kappa shape index (κ2) is 6.19. The first kappa shape index (κ1) is 14.1. The van der Waals surface area contributed by atoms with Crippen LogP contribution in [-0.4, -0.2) is 11.9 Å². The largest absolute Gasteiger partial charge is 0.422 e. The van der Waals surface area contributed by atoms with Crippen LogP contribution in [0.1, 0.15) is 26.7 Å². The molecule has 2 aromatic carbocycles. The molecule has 0 saturated heterocycles. The van der Waals surface area contributed by atoms with Crippen LogP contribution >= 0.6 is 0 Å². The predicted octanol–water partition coefficient (Wildman–Crippen LogP) is 3.47. The molecule has 0 radical (unpaired) electrons. The van der Waals surface area contributed by atoms with Gasteiger partial charge in [-0.2, -0.15) is 0 Å². The van der Waals surface area contributed by atoms with E-state index in [1.807, 2.05) is 24.3 Å². The van der Waals surface area contributed by atoms with E-state index in [4.69, 9.17) is 9.47 Å². The monoisotopic (exact) mass is 272 g/mol. The van der Waals surface area contributed by atoms with Gasteiger partial charge < -0.3 is 9.47 Å². The fourth-order valence-electron chi connectivity index (χ4n) is 1.75. The van der Waals surface area contributed by atoms with Gasteiger partial charge >= 0.3 is 11.9 Å². The lowest BCUT2D eigenvalue weighted by Gasteiger charge is -2.11. The van der Waals surface area contributed by atoms with Crippen molar-refractivity contribution in [2.24, 2.45) is 0 Å². The SMILES string of the molecule is CCC(=O)Oc1cc2ccccc2cc1OC(=O)CC. The Hall–Kier alpha value is -2.36. The zero-order chi connectivity index (χ0) is 14.5. The molecule has 0 fully saturated rings. The molecule has 20 heavy (non-hydrogen) atoms. The first-order valence-corrected chi connectivity index (χ1v) is 6.58. The average Bonchev–Trinajstić information content (AvgIpc) is 2.47. The molecule has 0 unspecified atom stereocenters. The minimum Gasteiger partial charge on any atom is -0.422 e. The fourth-order valence-corrected chi connectivity index (χ4v) is 1.75. The number of ether oxygens (including phenoxy) is 2. The second-order valence-corrected chi connectivity index (χ2v) is 4.30. The van der Waals surface area contributed by atoms with E-state index in [9.17, 15) is 9.59 Å². The molecule has 0 aliphatic carbocycles. The number of carbonyl (C=O) groups is 2. The third-order valence-electron chi connectivity index (χ3n) is 2.84. The Morgan fingerprint density at radius 1 is 0.850 bits per heavy atom. The Labute approximate surface area is 117 Å². The van der Waals surface area contributed by atoms with Crippen LogP contribution in [0.2, 0.25) is 0 Å². The molecule has 2 rings (SSSR count). The van der Waals surface area contributed by atoms with Crippen LogP contribution in [0.15, 0.2) is 36.4 Å². The normalized spacial score (nSPS) is 10.3. The number of hydrogen-bond donors (Lipinski definition) is 0. The molecule has 0 amide bonds. The number of benzene rings is 2. The van der Waals surface area contributed by atoms with Crippen molar-refractivity contribution in [2.75, 3.05) is 0 Å². The minimum atomic E-state index is -0.367. The molecule has 0 aliphatic heterocycles. The molecular weight excluding hydrogens is 256 g/mol. The van der Waals surface area contributed by atoms with Gasteiger partial charge in [0, 0.05) is 12.8 Å².